The minimum Gasteiger partial charge on any atom is -0.340 e. The van der Waals surface area contributed by atoms with Crippen LogP contribution in [0.1, 0.15) is 50.8 Å². The maximum absolute atomic E-state index is 11.9. The van der Waals surface area contributed by atoms with Crippen molar-refractivity contribution in [3.63, 3.8) is 0 Å². The Morgan fingerprint density at radius 1 is 1.39 bits per heavy atom. The summed E-state index contributed by atoms with van der Waals surface area (Å²) >= 11 is 0. The normalized spacial score (nSPS) is 23.9. The zero-order chi connectivity index (χ0) is 12.7. The third-order valence-electron chi connectivity index (χ3n) is 3.87. The number of amides is 1. The Morgan fingerprint density at radius 3 is 2.83 bits per heavy atom. The lowest BCUT2D eigenvalue weighted by Gasteiger charge is -2.18. The SMILES string of the molecule is CC(C)C(=O)N1CCC(n2cc(C3CC3)nn2)C1. The molecule has 2 fully saturated rings. The highest BCUT2D eigenvalue weighted by molar-refractivity contribution is 5.78. The van der Waals surface area contributed by atoms with E-state index in [2.05, 4.69) is 16.5 Å². The second-order valence-electron chi connectivity index (χ2n) is 5.78. The van der Waals surface area contributed by atoms with Crippen LogP contribution < -0.4 is 0 Å². The maximum atomic E-state index is 11.9. The molecule has 1 aromatic rings. The van der Waals surface area contributed by atoms with Crippen LogP contribution in [0.15, 0.2) is 6.20 Å². The summed E-state index contributed by atoms with van der Waals surface area (Å²) in [5.74, 6) is 0.982. The van der Waals surface area contributed by atoms with E-state index in [-0.39, 0.29) is 11.8 Å². The van der Waals surface area contributed by atoms with Crippen molar-refractivity contribution in [3.05, 3.63) is 11.9 Å². The van der Waals surface area contributed by atoms with Crippen LogP contribution in [0.2, 0.25) is 0 Å². The van der Waals surface area contributed by atoms with Crippen LogP contribution in [-0.4, -0.2) is 38.9 Å². The molecule has 0 spiro atoms. The molecule has 3 rings (SSSR count). The van der Waals surface area contributed by atoms with Gasteiger partial charge in [0.05, 0.1) is 11.7 Å². The molecule has 0 radical (unpaired) electrons. The second-order valence-corrected chi connectivity index (χ2v) is 5.78. The van der Waals surface area contributed by atoms with Gasteiger partial charge in [-0.25, -0.2) is 4.68 Å². The van der Waals surface area contributed by atoms with Crippen LogP contribution in [0, 0.1) is 5.92 Å². The van der Waals surface area contributed by atoms with E-state index in [1.54, 1.807) is 0 Å². The first kappa shape index (κ1) is 11.7. The van der Waals surface area contributed by atoms with Gasteiger partial charge >= 0.3 is 0 Å². The van der Waals surface area contributed by atoms with Gasteiger partial charge in [0.1, 0.15) is 0 Å². The van der Waals surface area contributed by atoms with E-state index in [9.17, 15) is 4.79 Å². The van der Waals surface area contributed by atoms with E-state index in [0.29, 0.717) is 12.0 Å². The fourth-order valence-corrected chi connectivity index (χ4v) is 2.56. The molecule has 1 amide bonds. The fourth-order valence-electron chi connectivity index (χ4n) is 2.56. The Bertz CT molecular complexity index is 450. The van der Waals surface area contributed by atoms with E-state index in [1.807, 2.05) is 23.4 Å². The zero-order valence-corrected chi connectivity index (χ0v) is 11.0. The molecule has 1 saturated heterocycles. The fraction of sp³-hybridized carbons (Fsp3) is 0.769. The standard InChI is InChI=1S/C13H20N4O/c1-9(2)13(18)16-6-5-11(7-16)17-8-12(14-15-17)10-3-4-10/h8-11H,3-7H2,1-2H3. The number of aromatic nitrogens is 3. The summed E-state index contributed by atoms with van der Waals surface area (Å²) in [6.07, 6.45) is 5.57. The Hall–Kier alpha value is -1.39. The number of hydrogen-bond donors (Lipinski definition) is 0. The van der Waals surface area contributed by atoms with Gasteiger partial charge in [-0.1, -0.05) is 19.1 Å². The van der Waals surface area contributed by atoms with Crippen molar-refractivity contribution in [2.45, 2.75) is 45.1 Å². The highest BCUT2D eigenvalue weighted by atomic mass is 16.2. The molecule has 5 heteroatoms. The van der Waals surface area contributed by atoms with Crippen LogP contribution in [0.4, 0.5) is 0 Å². The molecule has 1 aliphatic heterocycles. The van der Waals surface area contributed by atoms with Gasteiger partial charge in [-0.3, -0.25) is 4.79 Å². The van der Waals surface area contributed by atoms with Gasteiger partial charge in [-0.2, -0.15) is 0 Å². The summed E-state index contributed by atoms with van der Waals surface area (Å²) < 4.78 is 1.96. The van der Waals surface area contributed by atoms with Gasteiger partial charge in [0, 0.05) is 31.1 Å². The molecule has 2 aliphatic rings. The van der Waals surface area contributed by atoms with Crippen LogP contribution >= 0.6 is 0 Å². The predicted molar refractivity (Wildman–Crippen MR) is 67.1 cm³/mol. The average Bonchev–Trinajstić information content (AvgIpc) is 2.92. The van der Waals surface area contributed by atoms with Crippen LogP contribution in [-0.2, 0) is 4.79 Å². The summed E-state index contributed by atoms with van der Waals surface area (Å²) in [5.41, 5.74) is 1.13. The third-order valence-corrected chi connectivity index (χ3v) is 3.87. The van der Waals surface area contributed by atoms with E-state index in [1.165, 1.54) is 12.8 Å². The van der Waals surface area contributed by atoms with Crippen LogP contribution in [0.5, 0.6) is 0 Å². The number of hydrogen-bond acceptors (Lipinski definition) is 3. The summed E-state index contributed by atoms with van der Waals surface area (Å²) in [5, 5.41) is 8.46. The van der Waals surface area contributed by atoms with E-state index in [0.717, 1.165) is 25.2 Å². The van der Waals surface area contributed by atoms with Crippen molar-refractivity contribution in [2.24, 2.45) is 5.92 Å². The van der Waals surface area contributed by atoms with Gasteiger partial charge in [0.2, 0.25) is 5.91 Å². The smallest absolute Gasteiger partial charge is 0.225 e. The first-order valence-corrected chi connectivity index (χ1v) is 6.85. The Morgan fingerprint density at radius 2 is 2.17 bits per heavy atom. The Balaban J connectivity index is 1.65. The van der Waals surface area contributed by atoms with Crippen molar-refractivity contribution in [1.29, 1.82) is 0 Å². The van der Waals surface area contributed by atoms with E-state index >= 15 is 0 Å². The number of rotatable bonds is 3. The average molecular weight is 248 g/mol. The molecule has 0 aromatic carbocycles. The van der Waals surface area contributed by atoms with E-state index in [4.69, 9.17) is 0 Å². The molecule has 1 aliphatic carbocycles. The molecule has 0 N–H and O–H groups in total. The number of carbonyl (C=O) groups excluding carboxylic acids is 1. The summed E-state index contributed by atoms with van der Waals surface area (Å²) in [6, 6.07) is 0.313. The number of carbonyl (C=O) groups is 1. The highest BCUT2D eigenvalue weighted by Crippen LogP contribution is 2.39. The molecule has 98 valence electrons. The lowest BCUT2D eigenvalue weighted by molar-refractivity contribution is -0.133. The Labute approximate surface area is 107 Å². The minimum absolute atomic E-state index is 0.0847. The quantitative estimate of drug-likeness (QED) is 0.816. The molecule has 1 atom stereocenters. The maximum Gasteiger partial charge on any atom is 0.225 e. The molecule has 18 heavy (non-hydrogen) atoms. The van der Waals surface area contributed by atoms with E-state index < -0.39 is 0 Å². The molecule has 5 nitrogen and oxygen atoms in total. The highest BCUT2D eigenvalue weighted by Gasteiger charge is 2.31. The molecule has 1 aromatic heterocycles. The summed E-state index contributed by atoms with van der Waals surface area (Å²) in [4.78, 5) is 13.9. The minimum atomic E-state index is 0.0847. The molecule has 1 unspecified atom stereocenters. The van der Waals surface area contributed by atoms with Crippen molar-refractivity contribution >= 4 is 5.91 Å². The predicted octanol–water partition coefficient (Wildman–Crippen LogP) is 1.58. The largest absolute Gasteiger partial charge is 0.340 e. The van der Waals surface area contributed by atoms with Gasteiger partial charge in [-0.05, 0) is 19.3 Å². The molecule has 2 heterocycles. The monoisotopic (exact) mass is 248 g/mol. The summed E-state index contributed by atoms with van der Waals surface area (Å²) in [7, 11) is 0. The summed E-state index contributed by atoms with van der Waals surface area (Å²) in [6.45, 7) is 5.54. The van der Waals surface area contributed by atoms with Crippen molar-refractivity contribution in [2.75, 3.05) is 13.1 Å². The third kappa shape index (κ3) is 2.13. The van der Waals surface area contributed by atoms with Crippen molar-refractivity contribution in [1.82, 2.24) is 19.9 Å². The molecular weight excluding hydrogens is 228 g/mol. The van der Waals surface area contributed by atoms with Gasteiger partial charge in [0.15, 0.2) is 0 Å². The lowest BCUT2D eigenvalue weighted by atomic mass is 10.2. The van der Waals surface area contributed by atoms with Gasteiger partial charge in [-0.15, -0.1) is 5.10 Å². The molecule has 0 bridgehead atoms. The van der Waals surface area contributed by atoms with Crippen LogP contribution in [0.25, 0.3) is 0 Å². The van der Waals surface area contributed by atoms with Gasteiger partial charge in [0.25, 0.3) is 0 Å². The number of likely N-dealkylation sites (tertiary alicyclic amines) is 1. The van der Waals surface area contributed by atoms with Crippen molar-refractivity contribution < 1.29 is 4.79 Å². The zero-order valence-electron chi connectivity index (χ0n) is 11.0. The van der Waals surface area contributed by atoms with Crippen molar-refractivity contribution in [3.8, 4) is 0 Å². The lowest BCUT2D eigenvalue weighted by Crippen LogP contribution is -2.32. The van der Waals surface area contributed by atoms with Gasteiger partial charge < -0.3 is 4.90 Å². The second kappa shape index (κ2) is 4.37. The number of nitrogens with zero attached hydrogens (tertiary/aromatic N) is 4. The first-order valence-electron chi connectivity index (χ1n) is 6.85. The Kier molecular flexibility index (Phi) is 2.84. The topological polar surface area (TPSA) is 51.0 Å². The molecule has 1 saturated carbocycles. The molecular formula is C13H20N4O. The van der Waals surface area contributed by atoms with Crippen LogP contribution in [0.3, 0.4) is 0 Å². The first-order chi connectivity index (χ1) is 8.65.